The topological polar surface area (TPSA) is 184 Å². The number of aliphatic hydroxyl groups is 2. The number of methoxy groups -OCH3 is 2. The third-order valence-electron chi connectivity index (χ3n) is 10.5. The second-order valence-electron chi connectivity index (χ2n) is 15.1. The van der Waals surface area contributed by atoms with Gasteiger partial charge < -0.3 is 45.9 Å². The summed E-state index contributed by atoms with van der Waals surface area (Å²) in [4.78, 5) is 57.8. The summed E-state index contributed by atoms with van der Waals surface area (Å²) < 4.78 is 11.8. The highest BCUT2D eigenvalue weighted by molar-refractivity contribution is 5.90. The summed E-state index contributed by atoms with van der Waals surface area (Å²) >= 11 is 0. The quantitative estimate of drug-likeness (QED) is 0.143. The van der Waals surface area contributed by atoms with E-state index < -0.39 is 59.9 Å². The first-order chi connectivity index (χ1) is 23.8. The summed E-state index contributed by atoms with van der Waals surface area (Å²) in [6.07, 6.45) is -0.0938. The first-order valence-electron chi connectivity index (χ1n) is 18.3. The van der Waals surface area contributed by atoms with Gasteiger partial charge in [0, 0.05) is 27.8 Å². The zero-order valence-corrected chi connectivity index (χ0v) is 32.6. The van der Waals surface area contributed by atoms with Gasteiger partial charge in [-0.1, -0.05) is 71.4 Å². The molecule has 51 heavy (non-hydrogen) atoms. The number of nitrogens with two attached hydrogens (primary N) is 1. The van der Waals surface area contributed by atoms with Crippen LogP contribution in [0.15, 0.2) is 30.3 Å². The number of amides is 4. The number of aliphatic hydroxyl groups excluding tert-OH is 1. The summed E-state index contributed by atoms with van der Waals surface area (Å²) in [5.41, 5.74) is 5.19. The van der Waals surface area contributed by atoms with E-state index in [0.717, 1.165) is 6.42 Å². The molecule has 1 fully saturated rings. The van der Waals surface area contributed by atoms with Crippen LogP contribution < -0.4 is 16.4 Å². The molecule has 10 atom stereocenters. The van der Waals surface area contributed by atoms with Gasteiger partial charge in [-0.25, -0.2) is 0 Å². The van der Waals surface area contributed by atoms with Crippen molar-refractivity contribution >= 4 is 23.6 Å². The predicted octanol–water partition coefficient (Wildman–Crippen LogP) is 2.38. The maximum Gasteiger partial charge on any atom is 0.245 e. The average Bonchev–Trinajstić information content (AvgIpc) is 3.58. The maximum absolute atomic E-state index is 14.1. The maximum atomic E-state index is 14.1. The highest BCUT2D eigenvalue weighted by Crippen LogP contribution is 2.30. The van der Waals surface area contributed by atoms with E-state index in [4.69, 9.17) is 15.2 Å². The van der Waals surface area contributed by atoms with Gasteiger partial charge in [0.15, 0.2) is 0 Å². The number of hydrogen-bond acceptors (Lipinski definition) is 9. The van der Waals surface area contributed by atoms with Crippen molar-refractivity contribution in [1.82, 2.24) is 20.4 Å². The Labute approximate surface area is 305 Å². The molecule has 13 heteroatoms. The molecule has 13 nitrogen and oxygen atoms in total. The SMILES string of the molecule is CC[C@H](C)[C@@H]([C@@H](CC(=O)N1CCC[C@H]1[C@H](OC)[C@@H](C)C(=O)N[C@H](C)[C@@H](O)c1ccccc1)OC)N(C)C(=O)[C@@H](NC(=O)[C@@H](N)C(C)(C)O)C(C)C. The van der Waals surface area contributed by atoms with Crippen LogP contribution >= 0.6 is 0 Å². The Morgan fingerprint density at radius 2 is 1.63 bits per heavy atom. The van der Waals surface area contributed by atoms with E-state index in [0.29, 0.717) is 24.9 Å². The molecule has 2 rings (SSSR count). The molecule has 0 aromatic heterocycles. The fraction of sp³-hybridized carbons (Fsp3) is 0.737. The smallest absolute Gasteiger partial charge is 0.245 e. The van der Waals surface area contributed by atoms with Gasteiger partial charge in [0.05, 0.1) is 54.4 Å². The van der Waals surface area contributed by atoms with E-state index in [-0.39, 0.29) is 42.0 Å². The molecule has 4 amide bonds. The number of ether oxygens (including phenoxy) is 2. The largest absolute Gasteiger partial charge is 0.388 e. The molecular formula is C38H65N5O8. The van der Waals surface area contributed by atoms with Gasteiger partial charge in [0.2, 0.25) is 23.6 Å². The number of carbonyl (C=O) groups is 4. The third-order valence-corrected chi connectivity index (χ3v) is 10.5. The van der Waals surface area contributed by atoms with Gasteiger partial charge in [0.25, 0.3) is 0 Å². The minimum Gasteiger partial charge on any atom is -0.388 e. The number of likely N-dealkylation sites (tertiary alicyclic amines) is 1. The van der Waals surface area contributed by atoms with E-state index in [1.165, 1.54) is 28.1 Å². The lowest BCUT2D eigenvalue weighted by Crippen LogP contribution is -2.61. The average molecular weight is 720 g/mol. The molecule has 0 spiro atoms. The van der Waals surface area contributed by atoms with Gasteiger partial charge >= 0.3 is 0 Å². The van der Waals surface area contributed by atoms with Gasteiger partial charge in [0.1, 0.15) is 12.1 Å². The van der Waals surface area contributed by atoms with Crippen LogP contribution in [0.1, 0.15) is 92.7 Å². The zero-order chi connectivity index (χ0) is 38.8. The number of nitrogens with one attached hydrogen (secondary N) is 2. The van der Waals surface area contributed by atoms with Crippen molar-refractivity contribution in [1.29, 1.82) is 0 Å². The molecule has 1 heterocycles. The number of hydrogen-bond donors (Lipinski definition) is 5. The van der Waals surface area contributed by atoms with Crippen molar-refractivity contribution in [2.24, 2.45) is 23.5 Å². The van der Waals surface area contributed by atoms with Crippen LogP contribution in [-0.2, 0) is 28.7 Å². The second-order valence-corrected chi connectivity index (χ2v) is 15.1. The van der Waals surface area contributed by atoms with Crippen molar-refractivity contribution in [2.45, 2.75) is 135 Å². The molecule has 290 valence electrons. The van der Waals surface area contributed by atoms with Gasteiger partial charge in [-0.2, -0.15) is 0 Å². The minimum absolute atomic E-state index is 0.0147. The Morgan fingerprint density at radius 3 is 2.14 bits per heavy atom. The van der Waals surface area contributed by atoms with E-state index in [9.17, 15) is 29.4 Å². The van der Waals surface area contributed by atoms with Crippen LogP contribution in [0, 0.1) is 17.8 Å². The van der Waals surface area contributed by atoms with Gasteiger partial charge in [-0.3, -0.25) is 19.2 Å². The summed E-state index contributed by atoms with van der Waals surface area (Å²) in [5.74, 6) is -2.45. The van der Waals surface area contributed by atoms with Crippen molar-refractivity contribution in [3.8, 4) is 0 Å². The van der Waals surface area contributed by atoms with Crippen molar-refractivity contribution < 1.29 is 38.9 Å². The number of likely N-dealkylation sites (N-methyl/N-ethyl adjacent to an activating group) is 1. The molecule has 0 aliphatic carbocycles. The van der Waals surface area contributed by atoms with Crippen LogP contribution in [0.5, 0.6) is 0 Å². The second kappa shape index (κ2) is 19.7. The molecule has 0 saturated carbocycles. The lowest BCUT2D eigenvalue weighted by molar-refractivity contribution is -0.148. The van der Waals surface area contributed by atoms with Crippen LogP contribution in [0.25, 0.3) is 0 Å². The first kappa shape index (κ1) is 44.1. The molecule has 0 bridgehead atoms. The number of benzene rings is 1. The molecule has 0 radical (unpaired) electrons. The third kappa shape index (κ3) is 11.4. The Morgan fingerprint density at radius 1 is 1.02 bits per heavy atom. The first-order valence-corrected chi connectivity index (χ1v) is 18.3. The van der Waals surface area contributed by atoms with Crippen LogP contribution in [-0.4, -0.2) is 119 Å². The molecular weight excluding hydrogens is 654 g/mol. The molecule has 1 aliphatic heterocycles. The highest BCUT2D eigenvalue weighted by atomic mass is 16.5. The predicted molar refractivity (Wildman–Crippen MR) is 196 cm³/mol. The molecule has 1 aromatic rings. The van der Waals surface area contributed by atoms with Gasteiger partial charge in [-0.05, 0) is 51.0 Å². The summed E-state index contributed by atoms with van der Waals surface area (Å²) in [7, 11) is 4.71. The Balaban J connectivity index is 2.24. The van der Waals surface area contributed by atoms with E-state index in [1.54, 1.807) is 42.8 Å². The Kier molecular flexibility index (Phi) is 17.0. The van der Waals surface area contributed by atoms with E-state index in [1.807, 2.05) is 45.9 Å². The normalized spacial score (nSPS) is 20.4. The fourth-order valence-corrected chi connectivity index (χ4v) is 6.98. The molecule has 1 aliphatic rings. The fourth-order valence-electron chi connectivity index (χ4n) is 6.98. The lowest BCUT2D eigenvalue weighted by Gasteiger charge is -2.41. The van der Waals surface area contributed by atoms with Crippen LogP contribution in [0.4, 0.5) is 0 Å². The Bertz CT molecular complexity index is 1270. The number of carbonyl (C=O) groups excluding carboxylic acids is 4. The number of nitrogens with zero attached hydrogens (tertiary/aromatic N) is 2. The zero-order valence-electron chi connectivity index (χ0n) is 32.6. The van der Waals surface area contributed by atoms with Crippen molar-refractivity contribution in [2.75, 3.05) is 27.8 Å². The lowest BCUT2D eigenvalue weighted by atomic mass is 9.89. The molecule has 6 N–H and O–H groups in total. The molecule has 1 aromatic carbocycles. The van der Waals surface area contributed by atoms with Gasteiger partial charge in [-0.15, -0.1) is 0 Å². The summed E-state index contributed by atoms with van der Waals surface area (Å²) in [5, 5.41) is 26.7. The summed E-state index contributed by atoms with van der Waals surface area (Å²) in [6, 6.07) is 5.53. The van der Waals surface area contributed by atoms with E-state index in [2.05, 4.69) is 10.6 Å². The Hall–Kier alpha value is -3.10. The summed E-state index contributed by atoms with van der Waals surface area (Å²) in [6.45, 7) is 14.5. The molecule has 0 unspecified atom stereocenters. The van der Waals surface area contributed by atoms with Crippen LogP contribution in [0.2, 0.25) is 0 Å². The highest BCUT2D eigenvalue weighted by Gasteiger charge is 2.43. The monoisotopic (exact) mass is 719 g/mol. The number of rotatable bonds is 19. The molecule has 1 saturated heterocycles. The standard InChI is InChI=1S/C38H65N5O8/c1-12-23(4)31(42(9)37(48)30(22(2)3)41-36(47)34(39)38(7,8)49)28(50-10)21-29(44)43-20-16-19-27(43)33(51-11)24(5)35(46)40-25(6)32(45)26-17-14-13-15-18-26/h13-15,17-18,22-25,27-28,30-34,45,49H,12,16,19-21,39H2,1-11H3,(H,40,46)(H,41,47)/t23-,24+,25+,27-,28+,30-,31-,32+,33+,34+/m0/s1. The van der Waals surface area contributed by atoms with E-state index >= 15 is 0 Å². The minimum atomic E-state index is -1.48. The van der Waals surface area contributed by atoms with Crippen molar-refractivity contribution in [3.05, 3.63) is 35.9 Å². The van der Waals surface area contributed by atoms with Crippen molar-refractivity contribution in [3.63, 3.8) is 0 Å². The van der Waals surface area contributed by atoms with Crippen LogP contribution in [0.3, 0.4) is 0 Å².